The summed E-state index contributed by atoms with van der Waals surface area (Å²) < 4.78 is 5.92. The van der Waals surface area contributed by atoms with Crippen molar-refractivity contribution in [1.29, 1.82) is 0 Å². The average Bonchev–Trinajstić information content (AvgIpc) is 3.24. The Kier molecular flexibility index (Phi) is 47.0. The summed E-state index contributed by atoms with van der Waals surface area (Å²) in [6, 6.07) is -0.710. The Hall–Kier alpha value is -1.66. The quantitative estimate of drug-likeness (QED) is 0.0322. The van der Waals surface area contributed by atoms with Gasteiger partial charge < -0.3 is 20.3 Å². The summed E-state index contributed by atoms with van der Waals surface area (Å²) in [4.78, 5) is 26.1. The van der Waals surface area contributed by atoms with Crippen molar-refractivity contribution in [2.75, 3.05) is 6.61 Å². The molecule has 3 atom stereocenters. The summed E-state index contributed by atoms with van der Waals surface area (Å²) in [5.41, 5.74) is 0. The van der Waals surface area contributed by atoms with Gasteiger partial charge in [0, 0.05) is 6.42 Å². The molecule has 0 aliphatic carbocycles. The SMILES string of the molecule is CCCCCCCCC/C=C/C=C/CCCC(CC(=O)NC(CO)C(O)CCCCCCCCCCCCC)OC(=O)CCCCCCCCCCCCCCCCCC. The first-order valence-corrected chi connectivity index (χ1v) is 26.6. The fourth-order valence-corrected chi connectivity index (χ4v) is 8.25. The van der Waals surface area contributed by atoms with Crippen LogP contribution in [0, 0.1) is 0 Å². The Morgan fingerprint density at radius 2 is 0.850 bits per heavy atom. The number of amides is 1. The Balaban J connectivity index is 4.59. The molecule has 6 nitrogen and oxygen atoms in total. The van der Waals surface area contributed by atoms with Gasteiger partial charge in [-0.05, 0) is 44.9 Å². The molecule has 0 fully saturated rings. The minimum absolute atomic E-state index is 0.0500. The second kappa shape index (κ2) is 48.4. The van der Waals surface area contributed by atoms with E-state index in [-0.39, 0.29) is 24.9 Å². The summed E-state index contributed by atoms with van der Waals surface area (Å²) in [5.74, 6) is -0.506. The molecule has 0 aromatic rings. The van der Waals surface area contributed by atoms with E-state index in [9.17, 15) is 19.8 Å². The van der Waals surface area contributed by atoms with E-state index in [2.05, 4.69) is 50.4 Å². The van der Waals surface area contributed by atoms with Gasteiger partial charge in [-0.15, -0.1) is 0 Å². The number of rotatable bonds is 48. The molecule has 0 aliphatic heterocycles. The number of carbonyl (C=O) groups is 2. The van der Waals surface area contributed by atoms with E-state index in [0.29, 0.717) is 19.3 Å². The number of hydrogen-bond acceptors (Lipinski definition) is 5. The lowest BCUT2D eigenvalue weighted by molar-refractivity contribution is -0.151. The van der Waals surface area contributed by atoms with Gasteiger partial charge in [-0.1, -0.05) is 251 Å². The normalized spacial score (nSPS) is 13.3. The molecule has 3 unspecified atom stereocenters. The van der Waals surface area contributed by atoms with Crippen molar-refractivity contribution in [1.82, 2.24) is 5.32 Å². The molecule has 354 valence electrons. The van der Waals surface area contributed by atoms with Crippen LogP contribution in [0.25, 0.3) is 0 Å². The molecule has 60 heavy (non-hydrogen) atoms. The molecule has 0 heterocycles. The van der Waals surface area contributed by atoms with Gasteiger partial charge in [-0.3, -0.25) is 9.59 Å². The second-order valence-electron chi connectivity index (χ2n) is 18.3. The van der Waals surface area contributed by atoms with Crippen LogP contribution in [0.3, 0.4) is 0 Å². The molecule has 0 radical (unpaired) electrons. The van der Waals surface area contributed by atoms with Crippen LogP contribution >= 0.6 is 0 Å². The van der Waals surface area contributed by atoms with Gasteiger partial charge in [0.05, 0.1) is 25.2 Å². The van der Waals surface area contributed by atoms with Gasteiger partial charge in [0.1, 0.15) is 6.10 Å². The van der Waals surface area contributed by atoms with Crippen molar-refractivity contribution >= 4 is 11.9 Å². The average molecular weight is 846 g/mol. The first-order chi connectivity index (χ1) is 29.5. The van der Waals surface area contributed by atoms with Crippen LogP contribution in [0.15, 0.2) is 24.3 Å². The lowest BCUT2D eigenvalue weighted by atomic mass is 10.0. The maximum atomic E-state index is 13.2. The van der Waals surface area contributed by atoms with Crippen LogP contribution in [-0.4, -0.2) is 46.9 Å². The van der Waals surface area contributed by atoms with Crippen LogP contribution in [0.5, 0.6) is 0 Å². The minimum Gasteiger partial charge on any atom is -0.462 e. The second-order valence-corrected chi connectivity index (χ2v) is 18.3. The Labute approximate surface area is 373 Å². The van der Waals surface area contributed by atoms with Crippen LogP contribution in [0.1, 0.15) is 284 Å². The highest BCUT2D eigenvalue weighted by atomic mass is 16.5. The van der Waals surface area contributed by atoms with Gasteiger partial charge in [-0.25, -0.2) is 0 Å². The molecular formula is C54H103NO5. The number of hydrogen-bond donors (Lipinski definition) is 3. The van der Waals surface area contributed by atoms with Crippen LogP contribution in [0.4, 0.5) is 0 Å². The number of aliphatic hydroxyl groups is 2. The first-order valence-electron chi connectivity index (χ1n) is 26.6. The smallest absolute Gasteiger partial charge is 0.306 e. The standard InChI is InChI=1S/C54H103NO5/c1-4-7-10-13-16-19-22-24-26-27-29-32-35-38-41-44-47-54(59)60-50(45-42-39-36-33-31-28-25-23-20-17-14-11-8-5-2)48-53(58)55-51(49-56)52(57)46-43-40-37-34-30-21-18-15-12-9-6-3/h28,31,33,36,50-52,56-57H,4-27,29-30,32,34-35,37-49H2,1-3H3,(H,55,58)/b31-28+,36-33+. The fourth-order valence-electron chi connectivity index (χ4n) is 8.25. The predicted molar refractivity (Wildman–Crippen MR) is 260 cm³/mol. The molecule has 0 bridgehead atoms. The summed E-state index contributed by atoms with van der Waals surface area (Å²) in [6.07, 6.45) is 55.3. The van der Waals surface area contributed by atoms with E-state index in [1.165, 1.54) is 180 Å². The van der Waals surface area contributed by atoms with Crippen LogP contribution in [0.2, 0.25) is 0 Å². The third-order valence-corrected chi connectivity index (χ3v) is 12.3. The molecular weight excluding hydrogens is 743 g/mol. The summed E-state index contributed by atoms with van der Waals surface area (Å²) >= 11 is 0. The zero-order valence-electron chi connectivity index (χ0n) is 40.4. The van der Waals surface area contributed by atoms with Gasteiger partial charge in [0.15, 0.2) is 0 Å². The molecule has 1 amide bonds. The Morgan fingerprint density at radius 1 is 0.483 bits per heavy atom. The highest BCUT2D eigenvalue weighted by Crippen LogP contribution is 2.18. The molecule has 0 aromatic carbocycles. The van der Waals surface area contributed by atoms with E-state index < -0.39 is 18.2 Å². The van der Waals surface area contributed by atoms with Gasteiger partial charge >= 0.3 is 5.97 Å². The van der Waals surface area contributed by atoms with Crippen molar-refractivity contribution in [2.45, 2.75) is 302 Å². The van der Waals surface area contributed by atoms with E-state index in [1.54, 1.807) is 0 Å². The number of aliphatic hydroxyl groups excluding tert-OH is 2. The van der Waals surface area contributed by atoms with Gasteiger partial charge in [-0.2, -0.15) is 0 Å². The van der Waals surface area contributed by atoms with Crippen molar-refractivity contribution in [3.05, 3.63) is 24.3 Å². The van der Waals surface area contributed by atoms with Crippen LogP contribution in [-0.2, 0) is 14.3 Å². The summed E-state index contributed by atoms with van der Waals surface area (Å²) in [7, 11) is 0. The maximum absolute atomic E-state index is 13.2. The zero-order chi connectivity index (χ0) is 43.8. The van der Waals surface area contributed by atoms with E-state index in [0.717, 1.165) is 57.8 Å². The largest absolute Gasteiger partial charge is 0.462 e. The van der Waals surface area contributed by atoms with Crippen molar-refractivity contribution in [3.8, 4) is 0 Å². The lowest BCUT2D eigenvalue weighted by Gasteiger charge is -2.24. The molecule has 0 aliphatic rings. The molecule has 0 saturated heterocycles. The fraction of sp³-hybridized carbons (Fsp3) is 0.889. The topological polar surface area (TPSA) is 95.9 Å². The molecule has 0 saturated carbocycles. The minimum atomic E-state index is -0.794. The van der Waals surface area contributed by atoms with E-state index in [1.807, 2.05) is 0 Å². The number of carbonyl (C=O) groups excluding carboxylic acids is 2. The number of unbranched alkanes of at least 4 members (excludes halogenated alkanes) is 33. The molecule has 0 rings (SSSR count). The highest BCUT2D eigenvalue weighted by molar-refractivity contribution is 5.77. The van der Waals surface area contributed by atoms with Crippen molar-refractivity contribution in [3.63, 3.8) is 0 Å². The molecule has 0 aromatic heterocycles. The summed E-state index contributed by atoms with van der Waals surface area (Å²) in [6.45, 7) is 6.48. The molecule has 3 N–H and O–H groups in total. The number of allylic oxidation sites excluding steroid dienone is 4. The maximum Gasteiger partial charge on any atom is 0.306 e. The lowest BCUT2D eigenvalue weighted by Crippen LogP contribution is -2.46. The monoisotopic (exact) mass is 846 g/mol. The predicted octanol–water partition coefficient (Wildman–Crippen LogP) is 15.9. The van der Waals surface area contributed by atoms with Crippen LogP contribution < -0.4 is 5.32 Å². The highest BCUT2D eigenvalue weighted by Gasteiger charge is 2.24. The van der Waals surface area contributed by atoms with Gasteiger partial charge in [0.2, 0.25) is 5.91 Å². The zero-order valence-corrected chi connectivity index (χ0v) is 40.4. The number of nitrogens with one attached hydrogen (secondary N) is 1. The molecule has 6 heteroatoms. The van der Waals surface area contributed by atoms with Crippen molar-refractivity contribution in [2.24, 2.45) is 0 Å². The third-order valence-electron chi connectivity index (χ3n) is 12.3. The van der Waals surface area contributed by atoms with Crippen molar-refractivity contribution < 1.29 is 24.5 Å². The number of ether oxygens (including phenoxy) is 1. The molecule has 0 spiro atoms. The van der Waals surface area contributed by atoms with Gasteiger partial charge in [0.25, 0.3) is 0 Å². The summed E-state index contributed by atoms with van der Waals surface area (Å²) in [5, 5.41) is 23.7. The first kappa shape index (κ1) is 58.3. The number of esters is 1. The van der Waals surface area contributed by atoms with E-state index in [4.69, 9.17) is 4.74 Å². The Morgan fingerprint density at radius 3 is 1.27 bits per heavy atom. The Bertz CT molecular complexity index is 950. The third kappa shape index (κ3) is 43.0. The van der Waals surface area contributed by atoms with E-state index >= 15 is 0 Å².